The second-order valence-corrected chi connectivity index (χ2v) is 5.10. The van der Waals surface area contributed by atoms with Crippen molar-refractivity contribution >= 4 is 11.7 Å². The maximum atomic E-state index is 11.0. The molecule has 2 N–H and O–H groups in total. The van der Waals surface area contributed by atoms with E-state index < -0.39 is 5.97 Å². The van der Waals surface area contributed by atoms with E-state index in [4.69, 9.17) is 5.11 Å². The van der Waals surface area contributed by atoms with Crippen molar-refractivity contribution in [3.8, 4) is 0 Å². The first-order chi connectivity index (χ1) is 8.05. The molecule has 0 saturated heterocycles. The Bertz CT molecular complexity index is 425. The van der Waals surface area contributed by atoms with Crippen LogP contribution in [-0.4, -0.2) is 22.6 Å². The summed E-state index contributed by atoms with van der Waals surface area (Å²) < 4.78 is 0. The first-order valence-corrected chi connectivity index (χ1v) is 5.96. The van der Waals surface area contributed by atoms with Crippen LogP contribution in [0.4, 0.5) is 5.69 Å². The molecular formula is C13H18N2O2. The molecule has 1 fully saturated rings. The van der Waals surface area contributed by atoms with E-state index in [1.54, 1.807) is 6.20 Å². The van der Waals surface area contributed by atoms with Crippen LogP contribution in [0.5, 0.6) is 0 Å². The van der Waals surface area contributed by atoms with Crippen LogP contribution in [0, 0.1) is 11.3 Å². The van der Waals surface area contributed by atoms with Crippen molar-refractivity contribution in [3.63, 3.8) is 0 Å². The number of anilines is 1. The summed E-state index contributed by atoms with van der Waals surface area (Å²) >= 11 is 0. The topological polar surface area (TPSA) is 62.2 Å². The molecule has 2 rings (SSSR count). The summed E-state index contributed by atoms with van der Waals surface area (Å²) in [6.07, 6.45) is 5.53. The molecule has 0 aliphatic heterocycles. The molecule has 1 saturated carbocycles. The largest absolute Gasteiger partial charge is 0.478 e. The number of aromatic nitrogens is 1. The summed E-state index contributed by atoms with van der Waals surface area (Å²) in [6, 6.07) is 1.53. The minimum atomic E-state index is -0.913. The molecule has 1 heterocycles. The Kier molecular flexibility index (Phi) is 3.05. The summed E-state index contributed by atoms with van der Waals surface area (Å²) in [5.74, 6) is -0.288. The summed E-state index contributed by atoms with van der Waals surface area (Å²) in [6.45, 7) is 5.27. The molecule has 0 atom stereocenters. The highest BCUT2D eigenvalue weighted by Gasteiger charge is 2.45. The SMILES string of the molecule is CC(C)C1(CNc2cnccc2C(=O)O)CC1. The van der Waals surface area contributed by atoms with Crippen LogP contribution < -0.4 is 5.32 Å². The number of hydrogen-bond acceptors (Lipinski definition) is 3. The lowest BCUT2D eigenvalue weighted by atomic mass is 9.92. The zero-order chi connectivity index (χ0) is 12.5. The van der Waals surface area contributed by atoms with Gasteiger partial charge in [0.1, 0.15) is 0 Å². The van der Waals surface area contributed by atoms with Crippen LogP contribution in [-0.2, 0) is 0 Å². The highest BCUT2D eigenvalue weighted by atomic mass is 16.4. The number of carboxylic acid groups (broad SMARTS) is 1. The van der Waals surface area contributed by atoms with Gasteiger partial charge in [0.2, 0.25) is 0 Å². The lowest BCUT2D eigenvalue weighted by molar-refractivity contribution is 0.0697. The first-order valence-electron chi connectivity index (χ1n) is 5.96. The quantitative estimate of drug-likeness (QED) is 0.822. The fourth-order valence-electron chi connectivity index (χ4n) is 2.11. The van der Waals surface area contributed by atoms with E-state index in [0.29, 0.717) is 22.6 Å². The van der Waals surface area contributed by atoms with Gasteiger partial charge in [-0.05, 0) is 30.2 Å². The number of pyridine rings is 1. The molecule has 92 valence electrons. The third-order valence-corrected chi connectivity index (χ3v) is 3.80. The van der Waals surface area contributed by atoms with Crippen molar-refractivity contribution in [2.45, 2.75) is 26.7 Å². The van der Waals surface area contributed by atoms with E-state index in [2.05, 4.69) is 24.1 Å². The Morgan fingerprint density at radius 1 is 1.59 bits per heavy atom. The summed E-state index contributed by atoms with van der Waals surface area (Å²) in [5.41, 5.74) is 1.26. The van der Waals surface area contributed by atoms with Gasteiger partial charge in [-0.15, -0.1) is 0 Å². The van der Waals surface area contributed by atoms with Gasteiger partial charge in [-0.2, -0.15) is 0 Å². The maximum absolute atomic E-state index is 11.0. The Morgan fingerprint density at radius 2 is 2.29 bits per heavy atom. The van der Waals surface area contributed by atoms with Gasteiger partial charge in [-0.25, -0.2) is 4.79 Å². The van der Waals surface area contributed by atoms with Gasteiger partial charge in [-0.3, -0.25) is 4.98 Å². The lowest BCUT2D eigenvalue weighted by Gasteiger charge is -2.21. The second kappa shape index (κ2) is 4.35. The third-order valence-electron chi connectivity index (χ3n) is 3.80. The van der Waals surface area contributed by atoms with Crippen molar-refractivity contribution in [3.05, 3.63) is 24.0 Å². The van der Waals surface area contributed by atoms with Crippen LogP contribution in [0.3, 0.4) is 0 Å². The fourth-order valence-corrected chi connectivity index (χ4v) is 2.11. The van der Waals surface area contributed by atoms with Gasteiger partial charge >= 0.3 is 5.97 Å². The highest BCUT2D eigenvalue weighted by molar-refractivity contribution is 5.93. The van der Waals surface area contributed by atoms with E-state index in [1.165, 1.54) is 25.1 Å². The van der Waals surface area contributed by atoms with Crippen molar-refractivity contribution < 1.29 is 9.90 Å². The zero-order valence-corrected chi connectivity index (χ0v) is 10.2. The molecule has 1 aliphatic rings. The number of nitrogens with one attached hydrogen (secondary N) is 1. The number of hydrogen-bond donors (Lipinski definition) is 2. The van der Waals surface area contributed by atoms with Gasteiger partial charge in [0.25, 0.3) is 0 Å². The molecule has 0 unspecified atom stereocenters. The predicted molar refractivity (Wildman–Crippen MR) is 66.2 cm³/mol. The van der Waals surface area contributed by atoms with E-state index >= 15 is 0 Å². The van der Waals surface area contributed by atoms with Crippen LogP contribution in [0.15, 0.2) is 18.5 Å². The number of aromatic carboxylic acids is 1. The molecule has 0 spiro atoms. The molecule has 1 aromatic heterocycles. The standard InChI is InChI=1S/C13H18N2O2/c1-9(2)13(4-5-13)8-15-11-7-14-6-3-10(11)12(16)17/h3,6-7,9,15H,4-5,8H2,1-2H3,(H,16,17). The molecule has 1 aromatic rings. The van der Waals surface area contributed by atoms with Gasteiger partial charge < -0.3 is 10.4 Å². The summed E-state index contributed by atoms with van der Waals surface area (Å²) in [4.78, 5) is 15.0. The molecule has 0 amide bonds. The van der Waals surface area contributed by atoms with Gasteiger partial charge in [0.15, 0.2) is 0 Å². The average molecular weight is 234 g/mol. The molecule has 4 heteroatoms. The van der Waals surface area contributed by atoms with E-state index in [1.807, 2.05) is 0 Å². The van der Waals surface area contributed by atoms with Crippen LogP contribution in [0.25, 0.3) is 0 Å². The average Bonchev–Trinajstić information content (AvgIpc) is 3.07. The molecule has 0 bridgehead atoms. The zero-order valence-electron chi connectivity index (χ0n) is 10.2. The fraction of sp³-hybridized carbons (Fsp3) is 0.538. The van der Waals surface area contributed by atoms with Crippen LogP contribution >= 0.6 is 0 Å². The van der Waals surface area contributed by atoms with Crippen molar-refractivity contribution in [2.75, 3.05) is 11.9 Å². The second-order valence-electron chi connectivity index (χ2n) is 5.10. The first kappa shape index (κ1) is 11.9. The van der Waals surface area contributed by atoms with Crippen molar-refractivity contribution in [1.29, 1.82) is 0 Å². The minimum Gasteiger partial charge on any atom is -0.478 e. The number of rotatable bonds is 5. The molecule has 17 heavy (non-hydrogen) atoms. The molecule has 4 nitrogen and oxygen atoms in total. The smallest absolute Gasteiger partial charge is 0.337 e. The Labute approximate surface area is 101 Å². The monoisotopic (exact) mass is 234 g/mol. The van der Waals surface area contributed by atoms with E-state index in [-0.39, 0.29) is 0 Å². The van der Waals surface area contributed by atoms with Crippen molar-refractivity contribution in [1.82, 2.24) is 4.98 Å². The third kappa shape index (κ3) is 2.40. The minimum absolute atomic E-state index is 0.291. The Hall–Kier alpha value is -1.58. The molecule has 0 aromatic carbocycles. The molecular weight excluding hydrogens is 216 g/mol. The van der Waals surface area contributed by atoms with Gasteiger partial charge in [0, 0.05) is 12.7 Å². The Balaban J connectivity index is 2.07. The predicted octanol–water partition coefficient (Wildman–Crippen LogP) is 2.63. The molecule has 1 aliphatic carbocycles. The van der Waals surface area contributed by atoms with E-state index in [9.17, 15) is 4.79 Å². The molecule has 0 radical (unpaired) electrons. The maximum Gasteiger partial charge on any atom is 0.337 e. The summed E-state index contributed by atoms with van der Waals surface area (Å²) in [7, 11) is 0. The number of nitrogens with zero attached hydrogens (tertiary/aromatic N) is 1. The Morgan fingerprint density at radius 3 is 2.82 bits per heavy atom. The van der Waals surface area contributed by atoms with E-state index in [0.717, 1.165) is 6.54 Å². The number of carboxylic acids is 1. The number of carbonyl (C=O) groups is 1. The summed E-state index contributed by atoms with van der Waals surface area (Å²) in [5, 5.41) is 12.3. The van der Waals surface area contributed by atoms with Crippen molar-refractivity contribution in [2.24, 2.45) is 11.3 Å². The van der Waals surface area contributed by atoms with Gasteiger partial charge in [-0.1, -0.05) is 13.8 Å². The van der Waals surface area contributed by atoms with Crippen LogP contribution in [0.2, 0.25) is 0 Å². The van der Waals surface area contributed by atoms with Gasteiger partial charge in [0.05, 0.1) is 17.4 Å². The highest BCUT2D eigenvalue weighted by Crippen LogP contribution is 2.51. The normalized spacial score (nSPS) is 16.9. The lowest BCUT2D eigenvalue weighted by Crippen LogP contribution is -2.21. The van der Waals surface area contributed by atoms with Crippen LogP contribution in [0.1, 0.15) is 37.0 Å².